The van der Waals surface area contributed by atoms with Gasteiger partial charge in [-0.15, -0.1) is 0 Å². The van der Waals surface area contributed by atoms with Gasteiger partial charge in [0.05, 0.1) is 43.4 Å². The van der Waals surface area contributed by atoms with Gasteiger partial charge in [-0.2, -0.15) is 0 Å². The number of methoxy groups -OCH3 is 1. The van der Waals surface area contributed by atoms with E-state index in [9.17, 15) is 14.7 Å². The molecule has 65 heavy (non-hydrogen) atoms. The minimum atomic E-state index is -2.08. The highest BCUT2D eigenvalue weighted by Gasteiger charge is 2.75. The van der Waals surface area contributed by atoms with E-state index in [1.165, 1.54) is 0 Å². The molecule has 12 heteroatoms. The third kappa shape index (κ3) is 7.44. The number of hydrogen-bond acceptors (Lipinski definition) is 9. The van der Waals surface area contributed by atoms with E-state index in [2.05, 4.69) is 17.2 Å². The second kappa shape index (κ2) is 17.8. The monoisotopic (exact) mass is 866 g/mol. The number of fused-ring (bicyclic) bond motifs is 3. The van der Waals surface area contributed by atoms with Crippen molar-refractivity contribution in [2.75, 3.05) is 25.2 Å². The van der Waals surface area contributed by atoms with E-state index < -0.39 is 65.4 Å². The van der Waals surface area contributed by atoms with Crippen LogP contribution in [0.25, 0.3) is 0 Å². The number of anilines is 1. The van der Waals surface area contributed by atoms with Crippen LogP contribution in [0.2, 0.25) is 0 Å². The molecule has 0 aliphatic carbocycles. The molecular weight excluding hydrogens is 821 g/mol. The molecule has 326 valence electrons. The van der Waals surface area contributed by atoms with E-state index in [-0.39, 0.29) is 24.5 Å². The quantitative estimate of drug-likeness (QED) is 0.0966. The van der Waals surface area contributed by atoms with Crippen molar-refractivity contribution in [3.05, 3.63) is 197 Å². The number of cyclic esters (lactones) is 1. The van der Waals surface area contributed by atoms with Crippen LogP contribution < -0.4 is 25.4 Å². The molecule has 4 amide bonds. The minimum Gasteiger partial charge on any atom is -0.497 e. The highest BCUT2D eigenvalue weighted by atomic mass is 16.6. The van der Waals surface area contributed by atoms with Gasteiger partial charge in [-0.3, -0.25) is 19.3 Å². The Hall–Kier alpha value is -7.72. The molecule has 3 aliphatic rings. The Bertz CT molecular complexity index is 2810. The van der Waals surface area contributed by atoms with Crippen molar-refractivity contribution in [3.8, 4) is 23.3 Å². The number of amides is 4. The van der Waals surface area contributed by atoms with Crippen LogP contribution in [-0.4, -0.2) is 60.2 Å². The maximum Gasteiger partial charge on any atom is 0.329 e. The second-order valence-electron chi connectivity index (χ2n) is 16.2. The van der Waals surface area contributed by atoms with Crippen LogP contribution >= 0.6 is 0 Å². The summed E-state index contributed by atoms with van der Waals surface area (Å²) in [5.74, 6) is 3.27. The van der Waals surface area contributed by atoms with Crippen LogP contribution in [0.3, 0.4) is 0 Å². The summed E-state index contributed by atoms with van der Waals surface area (Å²) in [4.78, 5) is 63.9. The Morgan fingerprint density at radius 1 is 0.800 bits per heavy atom. The Morgan fingerprint density at radius 2 is 1.42 bits per heavy atom. The van der Waals surface area contributed by atoms with E-state index in [0.717, 1.165) is 16.0 Å². The molecule has 0 saturated carbocycles. The number of para-hydroxylation sites is 1. The number of benzene rings is 6. The van der Waals surface area contributed by atoms with E-state index in [1.807, 2.05) is 115 Å². The number of hydrogen-bond donors (Lipinski definition) is 3. The smallest absolute Gasteiger partial charge is 0.329 e. The molecule has 6 aromatic carbocycles. The number of morpholine rings is 1. The van der Waals surface area contributed by atoms with Gasteiger partial charge in [0.15, 0.2) is 0 Å². The maximum absolute atomic E-state index is 16.3. The van der Waals surface area contributed by atoms with Crippen LogP contribution in [0, 0.1) is 17.8 Å². The van der Waals surface area contributed by atoms with Crippen molar-refractivity contribution in [2.24, 2.45) is 11.7 Å². The van der Waals surface area contributed by atoms with Gasteiger partial charge in [0, 0.05) is 16.7 Å². The number of urea groups is 1. The first-order chi connectivity index (χ1) is 31.7. The molecule has 4 N–H and O–H groups in total. The lowest BCUT2D eigenvalue weighted by Crippen LogP contribution is -2.55. The molecule has 6 aromatic rings. The number of nitrogens with one attached hydrogen (secondary N) is 1. The fourth-order valence-corrected chi connectivity index (χ4v) is 9.87. The van der Waals surface area contributed by atoms with Gasteiger partial charge in [-0.05, 0) is 77.7 Å². The van der Waals surface area contributed by atoms with Crippen LogP contribution in [0.15, 0.2) is 158 Å². The largest absolute Gasteiger partial charge is 0.497 e. The molecule has 1 spiro atoms. The molecule has 7 atom stereocenters. The van der Waals surface area contributed by atoms with Gasteiger partial charge in [-0.1, -0.05) is 121 Å². The van der Waals surface area contributed by atoms with Gasteiger partial charge >= 0.3 is 12.0 Å². The predicted octanol–water partition coefficient (Wildman–Crippen LogP) is 7.09. The average Bonchev–Trinajstić information content (AvgIpc) is 3.80. The standard InChI is InChI=1S/C53H46N4O8/c1-33(36-14-6-3-7-15-36)55-52(62)56-42-29-26-35(23-22-34-24-27-39(63-2)28-25-34)32-41(42)53(51(56)61)44(49(54)59)46-50(60)65-47(38-18-10-5-11-19-38)45(37-16-8-4-9-17-37)57(46)48(53)40-20-12-13-21-43(40)64-31-30-58/h3-21,24-29,32-33,44-48,58H,30-31H2,1-2H3,(H2,54,59)(H,55,62)/t33-,44-,45-,46-,47+,48+,53-/m1/s1. The third-order valence-corrected chi connectivity index (χ3v) is 12.6. The van der Waals surface area contributed by atoms with E-state index >= 15 is 9.59 Å². The van der Waals surface area contributed by atoms with Crippen LogP contribution in [0.4, 0.5) is 10.5 Å². The van der Waals surface area contributed by atoms with Gasteiger partial charge in [0.2, 0.25) is 11.8 Å². The van der Waals surface area contributed by atoms with Crippen LogP contribution in [-0.2, 0) is 24.5 Å². The van der Waals surface area contributed by atoms with Gasteiger partial charge in [0.1, 0.15) is 35.7 Å². The number of carbonyl (C=O) groups is 4. The Labute approximate surface area is 376 Å². The predicted molar refractivity (Wildman–Crippen MR) is 243 cm³/mol. The molecule has 0 unspecified atom stereocenters. The zero-order chi connectivity index (χ0) is 45.2. The SMILES string of the molecule is COc1ccc(C#Cc2ccc3c(c2)[C@]2(C(=O)N3C(=O)N[C@H](C)c3ccccc3)[C@H](c3ccccc3OCCO)N3[C@H](c4ccccc4)[C@H](c4ccccc4)OC(=O)[C@H]3[C@@H]2C(N)=O)cc1. The molecule has 2 saturated heterocycles. The third-order valence-electron chi connectivity index (χ3n) is 12.6. The fraction of sp³-hybridized carbons (Fsp3) is 0.208. The normalized spacial score (nSPS) is 22.5. The topological polar surface area (TPSA) is 161 Å². The number of aliphatic hydroxyl groups is 1. The Balaban J connectivity index is 1.33. The van der Waals surface area contributed by atoms with Crippen molar-refractivity contribution in [1.29, 1.82) is 0 Å². The molecule has 9 rings (SSSR count). The summed E-state index contributed by atoms with van der Waals surface area (Å²) in [5.41, 5.74) is 8.72. The lowest BCUT2D eigenvalue weighted by molar-refractivity contribution is -0.178. The minimum absolute atomic E-state index is 0.0995. The number of imide groups is 1. The van der Waals surface area contributed by atoms with Crippen molar-refractivity contribution in [2.45, 2.75) is 42.6 Å². The lowest BCUT2D eigenvalue weighted by Gasteiger charge is -2.46. The Kier molecular flexibility index (Phi) is 11.7. The summed E-state index contributed by atoms with van der Waals surface area (Å²) in [6.45, 7) is 1.39. The van der Waals surface area contributed by atoms with Crippen LogP contribution in [0.5, 0.6) is 11.5 Å². The molecule has 12 nitrogen and oxygen atoms in total. The molecule has 3 aliphatic heterocycles. The first kappa shape index (κ1) is 42.6. The average molecular weight is 867 g/mol. The molecule has 0 radical (unpaired) electrons. The number of rotatable bonds is 10. The van der Waals surface area contributed by atoms with Gasteiger partial charge in [-0.25, -0.2) is 9.69 Å². The number of carbonyl (C=O) groups excluding carboxylic acids is 4. The number of nitrogens with two attached hydrogens (primary N) is 1. The molecule has 0 aromatic heterocycles. The first-order valence-electron chi connectivity index (χ1n) is 21.4. The lowest BCUT2D eigenvalue weighted by atomic mass is 9.65. The molecular formula is C53H46N4O8. The van der Waals surface area contributed by atoms with E-state index in [1.54, 1.807) is 61.7 Å². The summed E-state index contributed by atoms with van der Waals surface area (Å²) < 4.78 is 18.0. The van der Waals surface area contributed by atoms with Gasteiger partial charge in [0.25, 0.3) is 0 Å². The zero-order valence-corrected chi connectivity index (χ0v) is 35.7. The number of nitrogens with zero attached hydrogens (tertiary/aromatic N) is 2. The summed E-state index contributed by atoms with van der Waals surface area (Å²) in [5, 5.41) is 13.0. The highest BCUT2D eigenvalue weighted by molar-refractivity contribution is 6.24. The molecule has 3 heterocycles. The maximum atomic E-state index is 16.3. The number of ether oxygens (including phenoxy) is 3. The number of primary amides is 1. The summed E-state index contributed by atoms with van der Waals surface area (Å²) in [6, 6.07) is 42.6. The second-order valence-corrected chi connectivity index (χ2v) is 16.2. The molecule has 2 fully saturated rings. The summed E-state index contributed by atoms with van der Waals surface area (Å²) in [7, 11) is 1.58. The van der Waals surface area contributed by atoms with E-state index in [4.69, 9.17) is 19.9 Å². The first-order valence-corrected chi connectivity index (χ1v) is 21.4. The van der Waals surface area contributed by atoms with Gasteiger partial charge < -0.3 is 30.4 Å². The summed E-state index contributed by atoms with van der Waals surface area (Å²) >= 11 is 0. The van der Waals surface area contributed by atoms with Crippen molar-refractivity contribution in [3.63, 3.8) is 0 Å². The van der Waals surface area contributed by atoms with Crippen molar-refractivity contribution in [1.82, 2.24) is 10.2 Å². The van der Waals surface area contributed by atoms with Crippen molar-refractivity contribution >= 4 is 29.5 Å². The summed E-state index contributed by atoms with van der Waals surface area (Å²) in [6.07, 6.45) is -0.928. The highest BCUT2D eigenvalue weighted by Crippen LogP contribution is 2.66. The number of esters is 1. The molecule has 0 bridgehead atoms. The number of aliphatic hydroxyl groups excluding tert-OH is 1. The zero-order valence-electron chi connectivity index (χ0n) is 35.7. The Morgan fingerprint density at radius 3 is 2.08 bits per heavy atom. The van der Waals surface area contributed by atoms with E-state index in [0.29, 0.717) is 33.8 Å². The fourth-order valence-electron chi connectivity index (χ4n) is 9.87. The van der Waals surface area contributed by atoms with Crippen LogP contribution in [0.1, 0.15) is 70.1 Å². The van der Waals surface area contributed by atoms with Crippen molar-refractivity contribution < 1.29 is 38.5 Å².